The number of benzene rings is 1. The van der Waals surface area contributed by atoms with Crippen molar-refractivity contribution in [2.75, 3.05) is 5.88 Å². The molecule has 1 aromatic rings. The summed E-state index contributed by atoms with van der Waals surface area (Å²) in [5.41, 5.74) is 1.05. The van der Waals surface area contributed by atoms with Crippen molar-refractivity contribution in [3.63, 3.8) is 0 Å². The van der Waals surface area contributed by atoms with Gasteiger partial charge in [0.25, 0.3) is 0 Å². The Bertz CT molecular complexity index is 481. The number of alkyl halides is 1. The third kappa shape index (κ3) is 1.68. The number of carbonyl (C=O) groups is 1. The van der Waals surface area contributed by atoms with Crippen LogP contribution >= 0.6 is 11.6 Å². The highest BCUT2D eigenvalue weighted by Crippen LogP contribution is 1.98. The van der Waals surface area contributed by atoms with Crippen LogP contribution in [0.15, 0.2) is 28.2 Å². The van der Waals surface area contributed by atoms with Crippen molar-refractivity contribution in [1.82, 2.24) is 0 Å². The van der Waals surface area contributed by atoms with E-state index in [4.69, 9.17) is 11.6 Å². The van der Waals surface area contributed by atoms with Gasteiger partial charge >= 0.3 is 6.03 Å². The van der Waals surface area contributed by atoms with Gasteiger partial charge in [-0.25, -0.2) is 4.79 Å². The number of para-hydroxylation sites is 1. The van der Waals surface area contributed by atoms with Gasteiger partial charge in [-0.3, -0.25) is 0 Å². The smallest absolute Gasteiger partial charge is 0.244 e. The highest BCUT2D eigenvalue weighted by molar-refractivity contribution is 6.17. The van der Waals surface area contributed by atoms with Gasteiger partial charge < -0.3 is 0 Å². The summed E-state index contributed by atoms with van der Waals surface area (Å²) in [4.78, 5) is 18.6. The fraction of sp³-hybridized carbons (Fsp3) is 0.300. The van der Waals surface area contributed by atoms with Gasteiger partial charge in [-0.15, -0.1) is 11.6 Å². The lowest BCUT2D eigenvalue weighted by Gasteiger charge is -1.96. The summed E-state index contributed by atoms with van der Waals surface area (Å²) in [5, 5.41) is 1.41. The molecule has 2 rings (SSSR count). The number of amides is 2. The first-order chi connectivity index (χ1) is 6.81. The predicted octanol–water partition coefficient (Wildman–Crippen LogP) is 1.23. The van der Waals surface area contributed by atoms with Crippen LogP contribution in [0.3, 0.4) is 0 Å². The average Bonchev–Trinajstić information content (AvgIpc) is 2.55. The minimum absolute atomic E-state index is 0.404. The first-order valence-electron chi connectivity index (χ1n) is 4.46. The Balaban J connectivity index is 2.46. The van der Waals surface area contributed by atoms with Crippen LogP contribution in [-0.4, -0.2) is 11.9 Å². The maximum absolute atomic E-state index is 11.0. The largest absolute Gasteiger partial charge is 0.368 e. The number of carbonyl (C=O) groups excluding carboxylic acids is 1. The van der Waals surface area contributed by atoms with E-state index >= 15 is 0 Å². The second-order valence-corrected chi connectivity index (χ2v) is 3.46. The van der Waals surface area contributed by atoms with Crippen molar-refractivity contribution in [3.05, 3.63) is 34.5 Å². The Morgan fingerprint density at radius 1 is 1.29 bits per heavy atom. The molecule has 14 heavy (non-hydrogen) atoms. The number of urea groups is 1. The van der Waals surface area contributed by atoms with Crippen LogP contribution in [0.4, 0.5) is 4.79 Å². The van der Waals surface area contributed by atoms with Gasteiger partial charge in [0.15, 0.2) is 0 Å². The molecule has 0 aromatic heterocycles. The van der Waals surface area contributed by atoms with E-state index in [2.05, 4.69) is 9.98 Å². The Morgan fingerprint density at radius 2 is 2.14 bits per heavy atom. The van der Waals surface area contributed by atoms with Crippen LogP contribution in [0.25, 0.3) is 0 Å². The van der Waals surface area contributed by atoms with Gasteiger partial charge in [-0.2, -0.15) is 9.98 Å². The molecular formula is C10H9ClN2O. The minimum Gasteiger partial charge on any atom is -0.244 e. The lowest BCUT2D eigenvalue weighted by Crippen LogP contribution is -2.25. The summed E-state index contributed by atoms with van der Waals surface area (Å²) < 4.78 is 0. The van der Waals surface area contributed by atoms with Gasteiger partial charge in [0.2, 0.25) is 0 Å². The molecule has 0 saturated carbocycles. The Kier molecular flexibility index (Phi) is 2.59. The number of nitrogens with zero attached hydrogens (tertiary/aromatic N) is 2. The number of halogens is 1. The average molecular weight is 209 g/mol. The maximum Gasteiger partial charge on any atom is 0.368 e. The monoisotopic (exact) mass is 208 g/mol. The Labute approximate surface area is 86.1 Å². The van der Waals surface area contributed by atoms with E-state index in [1.165, 1.54) is 0 Å². The van der Waals surface area contributed by atoms with Crippen molar-refractivity contribution in [1.29, 1.82) is 0 Å². The minimum atomic E-state index is -0.404. The molecule has 0 unspecified atom stereocenters. The summed E-state index contributed by atoms with van der Waals surface area (Å²) in [6.45, 7) is 0. The second kappa shape index (κ2) is 3.88. The highest BCUT2D eigenvalue weighted by Gasteiger charge is 2.07. The molecule has 1 aliphatic heterocycles. The molecule has 0 fully saturated rings. The standard InChI is InChI=1S/C10H9ClN2O/c11-6-2-4-7-3-1-5-8-9(7)13-10(14)12-8/h1,3,5H,2,4,6H2. The predicted molar refractivity (Wildman–Crippen MR) is 53.2 cm³/mol. The molecule has 1 heterocycles. The topological polar surface area (TPSA) is 41.8 Å². The summed E-state index contributed by atoms with van der Waals surface area (Å²) in [5.74, 6) is 0.620. The fourth-order valence-electron chi connectivity index (χ4n) is 1.48. The first kappa shape index (κ1) is 9.34. The van der Waals surface area contributed by atoms with Crippen LogP contribution in [0.5, 0.6) is 0 Å². The van der Waals surface area contributed by atoms with Gasteiger partial charge in [0.05, 0.1) is 10.7 Å². The molecule has 0 N–H and O–H groups in total. The van der Waals surface area contributed by atoms with Gasteiger partial charge in [0.1, 0.15) is 0 Å². The highest BCUT2D eigenvalue weighted by atomic mass is 35.5. The van der Waals surface area contributed by atoms with Gasteiger partial charge in [0, 0.05) is 5.88 Å². The molecule has 0 bridgehead atoms. The molecule has 0 radical (unpaired) electrons. The molecule has 1 aromatic carbocycles. The van der Waals surface area contributed by atoms with Crippen LogP contribution in [0.2, 0.25) is 0 Å². The molecule has 0 spiro atoms. The molecule has 2 amide bonds. The third-order valence-electron chi connectivity index (χ3n) is 2.10. The van der Waals surface area contributed by atoms with Crippen molar-refractivity contribution >= 4 is 17.6 Å². The molecule has 0 saturated heterocycles. The number of hydrogen-bond donors (Lipinski definition) is 0. The number of fused-ring (bicyclic) bond motifs is 1. The van der Waals surface area contributed by atoms with Crippen LogP contribution in [0.1, 0.15) is 12.0 Å². The van der Waals surface area contributed by atoms with Gasteiger partial charge in [-0.05, 0) is 24.5 Å². The van der Waals surface area contributed by atoms with Crippen molar-refractivity contribution in [2.45, 2.75) is 12.8 Å². The third-order valence-corrected chi connectivity index (χ3v) is 2.37. The molecule has 72 valence electrons. The van der Waals surface area contributed by atoms with Gasteiger partial charge in [-0.1, -0.05) is 12.1 Å². The first-order valence-corrected chi connectivity index (χ1v) is 5.00. The Hall–Kier alpha value is -1.22. The molecule has 3 nitrogen and oxygen atoms in total. The zero-order chi connectivity index (χ0) is 9.97. The maximum atomic E-state index is 11.0. The van der Waals surface area contributed by atoms with E-state index in [9.17, 15) is 4.79 Å². The normalized spacial score (nSPS) is 13.4. The summed E-state index contributed by atoms with van der Waals surface area (Å²) in [6, 6.07) is 5.25. The van der Waals surface area contributed by atoms with E-state index in [1.807, 2.05) is 12.1 Å². The zero-order valence-corrected chi connectivity index (χ0v) is 8.29. The summed E-state index contributed by atoms with van der Waals surface area (Å²) >= 11 is 5.61. The quantitative estimate of drug-likeness (QED) is 0.689. The second-order valence-electron chi connectivity index (χ2n) is 3.08. The summed E-state index contributed by atoms with van der Waals surface area (Å²) in [6.07, 6.45) is 1.74. The number of aryl methyl sites for hydroxylation is 1. The zero-order valence-electron chi connectivity index (χ0n) is 7.53. The molecule has 4 heteroatoms. The van der Waals surface area contributed by atoms with E-state index in [0.717, 1.165) is 23.8 Å². The summed E-state index contributed by atoms with van der Waals surface area (Å²) in [7, 11) is 0. The molecule has 0 atom stereocenters. The van der Waals surface area contributed by atoms with E-state index in [0.29, 0.717) is 11.2 Å². The fourth-order valence-corrected chi connectivity index (χ4v) is 1.61. The van der Waals surface area contributed by atoms with Crippen LogP contribution in [-0.2, 0) is 6.42 Å². The van der Waals surface area contributed by atoms with E-state index in [1.54, 1.807) is 6.07 Å². The molecular weight excluding hydrogens is 200 g/mol. The lowest BCUT2D eigenvalue weighted by atomic mass is 10.1. The lowest BCUT2D eigenvalue weighted by molar-refractivity contribution is 0.256. The molecule has 1 aliphatic rings. The SMILES string of the molecule is O=C1N=c2cccc(CCCCl)c2=N1. The van der Waals surface area contributed by atoms with Crippen LogP contribution in [0, 0.1) is 0 Å². The Morgan fingerprint density at radius 3 is 2.93 bits per heavy atom. The van der Waals surface area contributed by atoms with E-state index < -0.39 is 6.03 Å². The van der Waals surface area contributed by atoms with E-state index in [-0.39, 0.29) is 0 Å². The number of rotatable bonds is 3. The number of hydrogen-bond acceptors (Lipinski definition) is 1. The van der Waals surface area contributed by atoms with Crippen molar-refractivity contribution < 1.29 is 4.79 Å². The molecule has 0 aliphatic carbocycles. The van der Waals surface area contributed by atoms with Crippen molar-refractivity contribution in [3.8, 4) is 0 Å². The van der Waals surface area contributed by atoms with Crippen molar-refractivity contribution in [2.24, 2.45) is 9.98 Å². The van der Waals surface area contributed by atoms with Crippen LogP contribution < -0.4 is 10.7 Å².